The van der Waals surface area contributed by atoms with Crippen LogP contribution in [0.15, 0.2) is 48.6 Å². The van der Waals surface area contributed by atoms with Gasteiger partial charge >= 0.3 is 0 Å². The molecule has 1 aromatic rings. The van der Waals surface area contributed by atoms with E-state index in [0.29, 0.717) is 11.3 Å². The van der Waals surface area contributed by atoms with Crippen molar-refractivity contribution in [1.82, 2.24) is 0 Å². The summed E-state index contributed by atoms with van der Waals surface area (Å²) in [5.74, 6) is 0.607. The summed E-state index contributed by atoms with van der Waals surface area (Å²) in [5.41, 5.74) is 1.72. The van der Waals surface area contributed by atoms with E-state index in [1.165, 1.54) is 22.0 Å². The minimum Gasteiger partial charge on any atom is -0.0823 e. The van der Waals surface area contributed by atoms with E-state index in [9.17, 15) is 0 Å². The van der Waals surface area contributed by atoms with Crippen LogP contribution in [0.2, 0.25) is 0 Å². The van der Waals surface area contributed by atoms with E-state index < -0.39 is 0 Å². The molecule has 1 unspecified atom stereocenters. The molecule has 90 valence electrons. The van der Waals surface area contributed by atoms with Crippen LogP contribution in [0, 0.1) is 11.3 Å². The van der Waals surface area contributed by atoms with Crippen molar-refractivity contribution >= 4 is 26.2 Å². The fraction of sp³-hybridized carbons (Fsp3) is 0.375. The lowest BCUT2D eigenvalue weighted by Crippen LogP contribution is -2.14. The van der Waals surface area contributed by atoms with Crippen LogP contribution in [0.4, 0.5) is 0 Å². The zero-order valence-electron chi connectivity index (χ0n) is 10.5. The van der Waals surface area contributed by atoms with Crippen molar-refractivity contribution in [2.45, 2.75) is 26.7 Å². The molecular formula is C16H19I. The summed E-state index contributed by atoms with van der Waals surface area (Å²) in [6, 6.07) is 10.6. The van der Waals surface area contributed by atoms with Gasteiger partial charge < -0.3 is 0 Å². The molecule has 0 aromatic heterocycles. The Bertz CT molecular complexity index is 426. The quantitative estimate of drug-likeness (QED) is 0.496. The van der Waals surface area contributed by atoms with E-state index in [1.54, 1.807) is 0 Å². The van der Waals surface area contributed by atoms with Crippen molar-refractivity contribution in [3.63, 3.8) is 0 Å². The molecule has 0 aliphatic heterocycles. The summed E-state index contributed by atoms with van der Waals surface area (Å²) in [4.78, 5) is 0. The van der Waals surface area contributed by atoms with E-state index >= 15 is 0 Å². The molecule has 1 aliphatic rings. The van der Waals surface area contributed by atoms with Crippen LogP contribution in [-0.2, 0) is 0 Å². The Morgan fingerprint density at radius 1 is 1.29 bits per heavy atom. The summed E-state index contributed by atoms with van der Waals surface area (Å²) < 4.78 is 1.36. The maximum Gasteiger partial charge on any atom is 0.0168 e. The van der Waals surface area contributed by atoms with Crippen molar-refractivity contribution in [3.8, 4) is 0 Å². The third kappa shape index (κ3) is 3.70. The van der Waals surface area contributed by atoms with Gasteiger partial charge in [-0.25, -0.2) is 0 Å². The smallest absolute Gasteiger partial charge is 0.0168 e. The highest BCUT2D eigenvalue weighted by Gasteiger charge is 2.20. The highest BCUT2D eigenvalue weighted by atomic mass is 127. The summed E-state index contributed by atoms with van der Waals surface area (Å²) in [5, 5.41) is 0. The Balaban J connectivity index is 2.11. The van der Waals surface area contributed by atoms with Gasteiger partial charge in [-0.3, -0.25) is 0 Å². The first kappa shape index (κ1) is 12.9. The molecule has 0 N–H and O–H groups in total. The number of halogens is 1. The molecular weight excluding hydrogens is 319 g/mol. The van der Waals surface area contributed by atoms with Gasteiger partial charge in [-0.15, -0.1) is 0 Å². The van der Waals surface area contributed by atoms with Gasteiger partial charge in [0.15, 0.2) is 0 Å². The normalized spacial score (nSPS) is 23.7. The number of hydrogen-bond donors (Lipinski definition) is 0. The molecule has 17 heavy (non-hydrogen) atoms. The van der Waals surface area contributed by atoms with Crippen LogP contribution < -0.4 is 0 Å². The second kappa shape index (κ2) is 5.38. The highest BCUT2D eigenvalue weighted by molar-refractivity contribution is 14.1. The number of hydrogen-bond acceptors (Lipinski definition) is 0. The summed E-state index contributed by atoms with van der Waals surface area (Å²) in [6.07, 6.45) is 9.67. The lowest BCUT2D eigenvalue weighted by Gasteiger charge is -2.27. The predicted molar refractivity (Wildman–Crippen MR) is 84.1 cm³/mol. The van der Waals surface area contributed by atoms with E-state index in [0.717, 1.165) is 0 Å². The third-order valence-electron chi connectivity index (χ3n) is 3.33. The van der Waals surface area contributed by atoms with Crippen LogP contribution in [0.5, 0.6) is 0 Å². The van der Waals surface area contributed by atoms with Crippen molar-refractivity contribution < 1.29 is 0 Å². The Morgan fingerprint density at radius 2 is 2.00 bits per heavy atom. The first-order valence-electron chi connectivity index (χ1n) is 6.19. The molecule has 0 fully saturated rings. The molecule has 1 atom stereocenters. The molecule has 1 aromatic carbocycles. The van der Waals surface area contributed by atoms with Gasteiger partial charge in [-0.05, 0) is 52.3 Å². The van der Waals surface area contributed by atoms with Gasteiger partial charge in [0.2, 0.25) is 0 Å². The van der Waals surface area contributed by atoms with Crippen molar-refractivity contribution in [2.75, 3.05) is 0 Å². The molecule has 0 bridgehead atoms. The lowest BCUT2D eigenvalue weighted by molar-refractivity contribution is 0.382. The van der Waals surface area contributed by atoms with Crippen molar-refractivity contribution in [3.05, 3.63) is 54.1 Å². The summed E-state index contributed by atoms with van der Waals surface area (Å²) in [7, 11) is 0. The number of allylic oxidation sites excluding steroid dienone is 3. The molecule has 1 aliphatic carbocycles. The molecule has 1 heteroatoms. The molecule has 0 heterocycles. The van der Waals surface area contributed by atoms with Gasteiger partial charge in [0.05, 0.1) is 0 Å². The predicted octanol–water partition coefficient (Wildman–Crippen LogP) is 5.45. The van der Waals surface area contributed by atoms with Gasteiger partial charge in [-0.1, -0.05) is 62.4 Å². The van der Waals surface area contributed by atoms with E-state index in [2.05, 4.69) is 85.0 Å². The third-order valence-corrected chi connectivity index (χ3v) is 4.31. The highest BCUT2D eigenvalue weighted by Crippen LogP contribution is 2.34. The molecule has 0 nitrogen and oxygen atoms in total. The van der Waals surface area contributed by atoms with Gasteiger partial charge in [0, 0.05) is 3.58 Å². The molecule has 0 saturated heterocycles. The van der Waals surface area contributed by atoms with Crippen LogP contribution in [-0.4, -0.2) is 0 Å². The fourth-order valence-corrected chi connectivity index (χ4v) is 2.94. The molecule has 0 amide bonds. The van der Waals surface area contributed by atoms with Crippen molar-refractivity contribution in [1.29, 1.82) is 0 Å². The van der Waals surface area contributed by atoms with Gasteiger partial charge in [0.25, 0.3) is 0 Å². The summed E-state index contributed by atoms with van der Waals surface area (Å²) >= 11 is 2.45. The topological polar surface area (TPSA) is 0 Å². The zero-order valence-corrected chi connectivity index (χ0v) is 12.6. The number of rotatable bonds is 2. The SMILES string of the molecule is CC1(C)C=CC(/C=C(/I)c2ccccc2)CC1. The summed E-state index contributed by atoms with van der Waals surface area (Å²) in [6.45, 7) is 4.62. The average Bonchev–Trinajstić information content (AvgIpc) is 2.33. The Labute approximate surface area is 118 Å². The molecule has 0 spiro atoms. The standard InChI is InChI=1S/C16H19I/c1-16(2)10-8-13(9-11-16)12-15(17)14-6-4-3-5-7-14/h3-8,10,12-13H,9,11H2,1-2H3/b15-12+. The van der Waals surface area contributed by atoms with E-state index in [1.807, 2.05) is 0 Å². The lowest BCUT2D eigenvalue weighted by atomic mass is 9.79. The largest absolute Gasteiger partial charge is 0.0823 e. The minimum absolute atomic E-state index is 0.391. The molecule has 2 rings (SSSR count). The first-order chi connectivity index (χ1) is 8.07. The van der Waals surface area contributed by atoms with Crippen LogP contribution in [0.3, 0.4) is 0 Å². The zero-order chi connectivity index (χ0) is 12.3. The van der Waals surface area contributed by atoms with E-state index in [4.69, 9.17) is 0 Å². The second-order valence-electron chi connectivity index (χ2n) is 5.43. The van der Waals surface area contributed by atoms with Crippen LogP contribution in [0.1, 0.15) is 32.3 Å². The monoisotopic (exact) mass is 338 g/mol. The molecule has 0 radical (unpaired) electrons. The Hall–Kier alpha value is -0.570. The van der Waals surface area contributed by atoms with Crippen molar-refractivity contribution in [2.24, 2.45) is 11.3 Å². The van der Waals surface area contributed by atoms with Crippen LogP contribution in [0.25, 0.3) is 3.58 Å². The maximum atomic E-state index is 2.45. The fourth-order valence-electron chi connectivity index (χ4n) is 2.12. The average molecular weight is 338 g/mol. The second-order valence-corrected chi connectivity index (χ2v) is 6.59. The molecule has 0 saturated carbocycles. The van der Waals surface area contributed by atoms with Gasteiger partial charge in [-0.2, -0.15) is 0 Å². The number of benzene rings is 1. The van der Waals surface area contributed by atoms with E-state index in [-0.39, 0.29) is 0 Å². The van der Waals surface area contributed by atoms with Crippen LogP contribution >= 0.6 is 22.6 Å². The Morgan fingerprint density at radius 3 is 2.59 bits per heavy atom. The minimum atomic E-state index is 0.391. The maximum absolute atomic E-state index is 2.45. The first-order valence-corrected chi connectivity index (χ1v) is 7.27. The Kier molecular flexibility index (Phi) is 4.08. The van der Waals surface area contributed by atoms with Gasteiger partial charge in [0.1, 0.15) is 0 Å².